The first-order chi connectivity index (χ1) is 14.2. The lowest BCUT2D eigenvalue weighted by atomic mass is 9.94. The monoisotopic (exact) mass is 399 g/mol. The van der Waals surface area contributed by atoms with Crippen LogP contribution in [0.4, 0.5) is 0 Å². The lowest BCUT2D eigenvalue weighted by molar-refractivity contribution is -0.139. The van der Waals surface area contributed by atoms with Gasteiger partial charge in [0.2, 0.25) is 11.8 Å². The highest BCUT2D eigenvalue weighted by Gasteiger charge is 2.28. The second kappa shape index (κ2) is 9.35. The first-order valence-corrected chi connectivity index (χ1v) is 10.7. The van der Waals surface area contributed by atoms with Gasteiger partial charge in [0.05, 0.1) is 18.2 Å². The number of hydrogen-bond acceptors (Lipinski definition) is 5. The van der Waals surface area contributed by atoms with Crippen LogP contribution in [0.5, 0.6) is 0 Å². The highest BCUT2D eigenvalue weighted by molar-refractivity contribution is 5.85. The molecule has 8 nitrogen and oxygen atoms in total. The van der Waals surface area contributed by atoms with Gasteiger partial charge in [-0.3, -0.25) is 9.59 Å². The predicted molar refractivity (Wildman–Crippen MR) is 108 cm³/mol. The van der Waals surface area contributed by atoms with Crippen LogP contribution in [0.1, 0.15) is 44.9 Å². The van der Waals surface area contributed by atoms with Crippen molar-refractivity contribution in [2.24, 2.45) is 0 Å². The van der Waals surface area contributed by atoms with Crippen LogP contribution in [-0.2, 0) is 20.9 Å². The minimum Gasteiger partial charge on any atom is -0.376 e. The summed E-state index contributed by atoms with van der Waals surface area (Å²) >= 11 is 0. The number of fused-ring (bicyclic) bond motifs is 1. The Morgan fingerprint density at radius 2 is 1.97 bits per heavy atom. The molecule has 0 unspecified atom stereocenters. The molecular formula is C21H29N5O3. The summed E-state index contributed by atoms with van der Waals surface area (Å²) in [6, 6.07) is 7.70. The molecule has 4 rings (SSSR count). The number of amides is 2. The topological polar surface area (TPSA) is 89.4 Å². The molecule has 29 heavy (non-hydrogen) atoms. The molecule has 0 radical (unpaired) electrons. The molecule has 0 spiro atoms. The van der Waals surface area contributed by atoms with Crippen molar-refractivity contribution < 1.29 is 14.3 Å². The summed E-state index contributed by atoms with van der Waals surface area (Å²) in [5, 5.41) is 11.2. The summed E-state index contributed by atoms with van der Waals surface area (Å²) in [7, 11) is 0. The minimum atomic E-state index is -0.122. The first-order valence-electron chi connectivity index (χ1n) is 10.7. The Labute approximate surface area is 170 Å². The van der Waals surface area contributed by atoms with Gasteiger partial charge >= 0.3 is 0 Å². The highest BCUT2D eigenvalue weighted by Crippen LogP contribution is 2.23. The normalized spacial score (nSPS) is 20.1. The molecule has 1 aromatic carbocycles. The molecule has 1 N–H and O–H groups in total. The van der Waals surface area contributed by atoms with Gasteiger partial charge in [0.1, 0.15) is 12.1 Å². The molecular weight excluding hydrogens is 370 g/mol. The first kappa shape index (κ1) is 19.8. The maximum absolute atomic E-state index is 13.2. The fraction of sp³-hybridized carbons (Fsp3) is 0.619. The van der Waals surface area contributed by atoms with Crippen molar-refractivity contribution in [3.05, 3.63) is 24.3 Å². The Hall–Kier alpha value is -2.48. The van der Waals surface area contributed by atoms with Gasteiger partial charge in [0.25, 0.3) is 0 Å². The van der Waals surface area contributed by atoms with Crippen molar-refractivity contribution in [1.82, 2.24) is 25.2 Å². The zero-order valence-corrected chi connectivity index (χ0v) is 16.8. The number of para-hydroxylation sites is 1. The van der Waals surface area contributed by atoms with E-state index in [0.717, 1.165) is 56.2 Å². The maximum Gasteiger partial charge on any atom is 0.245 e. The van der Waals surface area contributed by atoms with E-state index in [9.17, 15) is 9.59 Å². The van der Waals surface area contributed by atoms with Gasteiger partial charge in [0.15, 0.2) is 0 Å². The van der Waals surface area contributed by atoms with Gasteiger partial charge in [-0.2, -0.15) is 0 Å². The van der Waals surface area contributed by atoms with Crippen molar-refractivity contribution in [2.75, 3.05) is 19.7 Å². The van der Waals surface area contributed by atoms with Crippen LogP contribution in [-0.4, -0.2) is 63.6 Å². The Kier molecular flexibility index (Phi) is 6.39. The molecule has 1 aliphatic heterocycles. The van der Waals surface area contributed by atoms with Gasteiger partial charge in [-0.05, 0) is 37.8 Å². The quantitative estimate of drug-likeness (QED) is 0.768. The molecule has 2 fully saturated rings. The second-order valence-corrected chi connectivity index (χ2v) is 7.99. The van der Waals surface area contributed by atoms with E-state index in [2.05, 4.69) is 15.6 Å². The summed E-state index contributed by atoms with van der Waals surface area (Å²) in [4.78, 5) is 27.5. The van der Waals surface area contributed by atoms with Crippen LogP contribution in [0, 0.1) is 0 Å². The van der Waals surface area contributed by atoms with E-state index in [4.69, 9.17) is 4.74 Å². The number of carbonyl (C=O) groups is 2. The molecule has 156 valence electrons. The number of rotatable bonds is 7. The zero-order valence-electron chi connectivity index (χ0n) is 16.8. The lowest BCUT2D eigenvalue weighted by Gasteiger charge is -2.34. The summed E-state index contributed by atoms with van der Waals surface area (Å²) < 4.78 is 7.19. The number of carbonyl (C=O) groups excluding carboxylic acids is 2. The minimum absolute atomic E-state index is 0.0835. The highest BCUT2D eigenvalue weighted by atomic mass is 16.5. The molecule has 1 aliphatic carbocycles. The van der Waals surface area contributed by atoms with Gasteiger partial charge in [0, 0.05) is 19.2 Å². The van der Waals surface area contributed by atoms with Crippen molar-refractivity contribution in [3.8, 4) is 0 Å². The molecule has 1 atom stereocenters. The third-order valence-electron chi connectivity index (χ3n) is 5.91. The fourth-order valence-electron chi connectivity index (χ4n) is 4.31. The Bertz CT molecular complexity index is 840. The summed E-state index contributed by atoms with van der Waals surface area (Å²) in [6.07, 6.45) is 7.39. The van der Waals surface area contributed by atoms with Crippen LogP contribution in [0.25, 0.3) is 11.0 Å². The van der Waals surface area contributed by atoms with E-state index in [-0.39, 0.29) is 37.0 Å². The van der Waals surface area contributed by atoms with E-state index in [0.29, 0.717) is 6.54 Å². The third kappa shape index (κ3) is 4.93. The van der Waals surface area contributed by atoms with Gasteiger partial charge in [-0.1, -0.05) is 36.6 Å². The number of nitrogens with one attached hydrogen (secondary N) is 1. The SMILES string of the molecule is O=C(CN(C(=O)Cn1nnc2ccccc21)C1CCCCC1)NC[C@@H]1CCCO1. The second-order valence-electron chi connectivity index (χ2n) is 7.99. The predicted octanol–water partition coefficient (Wildman–Crippen LogP) is 1.89. The van der Waals surface area contributed by atoms with Crippen molar-refractivity contribution >= 4 is 22.8 Å². The van der Waals surface area contributed by atoms with Gasteiger partial charge in [-0.15, -0.1) is 5.10 Å². The average Bonchev–Trinajstić information content (AvgIpc) is 3.41. The van der Waals surface area contributed by atoms with E-state index >= 15 is 0 Å². The molecule has 1 saturated carbocycles. The van der Waals surface area contributed by atoms with E-state index in [1.165, 1.54) is 6.42 Å². The van der Waals surface area contributed by atoms with Crippen LogP contribution >= 0.6 is 0 Å². The number of aromatic nitrogens is 3. The van der Waals surface area contributed by atoms with Crippen molar-refractivity contribution in [2.45, 2.75) is 63.6 Å². The Balaban J connectivity index is 1.42. The van der Waals surface area contributed by atoms with Crippen LogP contribution in [0.15, 0.2) is 24.3 Å². The number of hydrogen-bond donors (Lipinski definition) is 1. The summed E-state index contributed by atoms with van der Waals surface area (Å²) in [6.45, 7) is 1.46. The molecule has 0 bridgehead atoms. The largest absolute Gasteiger partial charge is 0.376 e. The number of benzene rings is 1. The Morgan fingerprint density at radius 3 is 2.76 bits per heavy atom. The van der Waals surface area contributed by atoms with E-state index in [1.54, 1.807) is 9.58 Å². The standard InChI is InChI=1S/C21H29N5O3/c27-20(22-13-17-9-6-12-29-17)14-25(16-7-2-1-3-8-16)21(28)15-26-19-11-5-4-10-18(19)23-24-26/h4-5,10-11,16-17H,1-3,6-9,12-15H2,(H,22,27)/t17-/m0/s1. The average molecular weight is 399 g/mol. The summed E-state index contributed by atoms with van der Waals surface area (Å²) in [5.41, 5.74) is 1.59. The van der Waals surface area contributed by atoms with Gasteiger partial charge < -0.3 is 15.0 Å². The van der Waals surface area contributed by atoms with Crippen LogP contribution in [0.2, 0.25) is 0 Å². The molecule has 1 saturated heterocycles. The smallest absolute Gasteiger partial charge is 0.245 e. The van der Waals surface area contributed by atoms with Crippen LogP contribution < -0.4 is 5.32 Å². The summed E-state index contributed by atoms with van der Waals surface area (Å²) in [5.74, 6) is -0.206. The molecule has 8 heteroatoms. The Morgan fingerprint density at radius 1 is 1.14 bits per heavy atom. The molecule has 2 aliphatic rings. The number of nitrogens with zero attached hydrogens (tertiary/aromatic N) is 4. The third-order valence-corrected chi connectivity index (χ3v) is 5.91. The van der Waals surface area contributed by atoms with Crippen molar-refractivity contribution in [1.29, 1.82) is 0 Å². The fourth-order valence-corrected chi connectivity index (χ4v) is 4.31. The van der Waals surface area contributed by atoms with Crippen LogP contribution in [0.3, 0.4) is 0 Å². The molecule has 1 aromatic heterocycles. The van der Waals surface area contributed by atoms with Gasteiger partial charge in [-0.25, -0.2) is 4.68 Å². The molecule has 2 amide bonds. The maximum atomic E-state index is 13.2. The number of ether oxygens (including phenoxy) is 1. The van der Waals surface area contributed by atoms with E-state index < -0.39 is 0 Å². The lowest BCUT2D eigenvalue weighted by Crippen LogP contribution is -2.49. The van der Waals surface area contributed by atoms with Crippen molar-refractivity contribution in [3.63, 3.8) is 0 Å². The molecule has 2 aromatic rings. The molecule has 2 heterocycles. The zero-order chi connectivity index (χ0) is 20.1. The van der Waals surface area contributed by atoms with E-state index in [1.807, 2.05) is 24.3 Å².